The Morgan fingerprint density at radius 3 is 2.70 bits per heavy atom. The van der Waals surface area contributed by atoms with Crippen LogP contribution in [0.3, 0.4) is 0 Å². The fourth-order valence-electron chi connectivity index (χ4n) is 1.99. The van der Waals surface area contributed by atoms with E-state index >= 15 is 0 Å². The van der Waals surface area contributed by atoms with E-state index in [2.05, 4.69) is 34.2 Å². The molecular weight excluding hydrogens is 361 g/mol. The van der Waals surface area contributed by atoms with Crippen LogP contribution < -0.4 is 5.32 Å². The summed E-state index contributed by atoms with van der Waals surface area (Å²) in [6, 6.07) is 7.27. The molecule has 0 aliphatic carbocycles. The SMILES string of the molecule is CCCNC(c1ccc(F)c(Br)c1)c1cc(C)c(Cl)s1. The highest BCUT2D eigenvalue weighted by atomic mass is 79.9. The molecule has 1 aromatic heterocycles. The maximum atomic E-state index is 13.4. The van der Waals surface area contributed by atoms with Gasteiger partial charge in [-0.15, -0.1) is 11.3 Å². The summed E-state index contributed by atoms with van der Waals surface area (Å²) in [7, 11) is 0. The molecule has 1 N–H and O–H groups in total. The van der Waals surface area contributed by atoms with Gasteiger partial charge in [0.1, 0.15) is 5.82 Å². The molecule has 20 heavy (non-hydrogen) atoms. The molecule has 2 rings (SSSR count). The topological polar surface area (TPSA) is 12.0 Å². The Hall–Kier alpha value is -0.420. The molecule has 1 nitrogen and oxygen atoms in total. The van der Waals surface area contributed by atoms with Crippen molar-refractivity contribution in [3.63, 3.8) is 0 Å². The predicted octanol–water partition coefficient (Wildman–Crippen LogP) is 5.70. The highest BCUT2D eigenvalue weighted by Gasteiger charge is 2.18. The van der Waals surface area contributed by atoms with E-state index in [1.807, 2.05) is 19.1 Å². The van der Waals surface area contributed by atoms with E-state index in [4.69, 9.17) is 11.6 Å². The maximum Gasteiger partial charge on any atom is 0.137 e. The smallest absolute Gasteiger partial charge is 0.137 e. The summed E-state index contributed by atoms with van der Waals surface area (Å²) in [5.41, 5.74) is 2.11. The van der Waals surface area contributed by atoms with Crippen LogP contribution in [0.25, 0.3) is 0 Å². The van der Waals surface area contributed by atoms with E-state index in [0.717, 1.165) is 33.3 Å². The first-order valence-corrected chi connectivity index (χ1v) is 8.45. The quantitative estimate of drug-likeness (QED) is 0.705. The second kappa shape index (κ2) is 7.03. The van der Waals surface area contributed by atoms with Crippen LogP contribution >= 0.6 is 38.9 Å². The Morgan fingerprint density at radius 2 is 2.15 bits per heavy atom. The van der Waals surface area contributed by atoms with E-state index in [0.29, 0.717) is 4.47 Å². The van der Waals surface area contributed by atoms with Gasteiger partial charge in [-0.2, -0.15) is 0 Å². The Kier molecular flexibility index (Phi) is 5.61. The first-order chi connectivity index (χ1) is 9.52. The van der Waals surface area contributed by atoms with Gasteiger partial charge in [-0.3, -0.25) is 0 Å². The average molecular weight is 377 g/mol. The number of hydrogen-bond donors (Lipinski definition) is 1. The third kappa shape index (κ3) is 3.61. The number of aryl methyl sites for hydroxylation is 1. The Bertz CT molecular complexity index is 580. The molecule has 0 radical (unpaired) electrons. The van der Waals surface area contributed by atoms with Crippen molar-refractivity contribution >= 4 is 38.9 Å². The first-order valence-electron chi connectivity index (χ1n) is 6.47. The molecule has 108 valence electrons. The van der Waals surface area contributed by atoms with Gasteiger partial charge in [-0.05, 0) is 65.1 Å². The number of thiophene rings is 1. The molecule has 5 heteroatoms. The normalized spacial score (nSPS) is 12.7. The second-order valence-electron chi connectivity index (χ2n) is 4.67. The van der Waals surface area contributed by atoms with Gasteiger partial charge in [0, 0.05) is 4.88 Å². The Morgan fingerprint density at radius 1 is 1.40 bits per heavy atom. The number of halogens is 3. The van der Waals surface area contributed by atoms with Gasteiger partial charge in [-0.25, -0.2) is 4.39 Å². The lowest BCUT2D eigenvalue weighted by Gasteiger charge is -2.18. The Labute approximate surface area is 136 Å². The minimum absolute atomic E-state index is 0.0445. The molecule has 1 unspecified atom stereocenters. The summed E-state index contributed by atoms with van der Waals surface area (Å²) in [5.74, 6) is -0.247. The molecule has 0 spiro atoms. The van der Waals surface area contributed by atoms with Gasteiger partial charge in [0.15, 0.2) is 0 Å². The molecular formula is C15H16BrClFNS. The molecule has 1 aromatic carbocycles. The van der Waals surface area contributed by atoms with Gasteiger partial charge in [0.05, 0.1) is 14.9 Å². The van der Waals surface area contributed by atoms with Crippen LogP contribution in [0.4, 0.5) is 4.39 Å². The third-order valence-electron chi connectivity index (χ3n) is 3.04. The summed E-state index contributed by atoms with van der Waals surface area (Å²) in [5, 5.41) is 3.50. The molecule has 0 saturated carbocycles. The zero-order valence-corrected chi connectivity index (χ0v) is 14.5. The van der Waals surface area contributed by atoms with Crippen molar-refractivity contribution in [2.75, 3.05) is 6.54 Å². The van der Waals surface area contributed by atoms with Crippen molar-refractivity contribution in [1.29, 1.82) is 0 Å². The van der Waals surface area contributed by atoms with E-state index < -0.39 is 0 Å². The second-order valence-corrected chi connectivity index (χ2v) is 7.21. The van der Waals surface area contributed by atoms with E-state index in [9.17, 15) is 4.39 Å². The summed E-state index contributed by atoms with van der Waals surface area (Å²) in [4.78, 5) is 1.15. The van der Waals surface area contributed by atoms with Gasteiger partial charge in [-0.1, -0.05) is 24.6 Å². The summed E-state index contributed by atoms with van der Waals surface area (Å²) < 4.78 is 14.7. The van der Waals surface area contributed by atoms with E-state index in [1.54, 1.807) is 11.3 Å². The zero-order chi connectivity index (χ0) is 14.7. The van der Waals surface area contributed by atoms with Crippen LogP contribution in [-0.2, 0) is 0 Å². The van der Waals surface area contributed by atoms with Crippen LogP contribution in [0.5, 0.6) is 0 Å². The monoisotopic (exact) mass is 375 g/mol. The average Bonchev–Trinajstić information content (AvgIpc) is 2.74. The highest BCUT2D eigenvalue weighted by molar-refractivity contribution is 9.10. The molecule has 0 bridgehead atoms. The first kappa shape index (κ1) is 16.0. The van der Waals surface area contributed by atoms with Crippen LogP contribution in [-0.4, -0.2) is 6.54 Å². The lowest BCUT2D eigenvalue weighted by Crippen LogP contribution is -2.22. The third-order valence-corrected chi connectivity index (χ3v) is 5.26. The minimum atomic E-state index is -0.247. The Balaban J connectivity index is 2.38. The van der Waals surface area contributed by atoms with E-state index in [1.165, 1.54) is 6.07 Å². The molecule has 0 saturated heterocycles. The highest BCUT2D eigenvalue weighted by Crippen LogP contribution is 2.35. The van der Waals surface area contributed by atoms with Crippen molar-refractivity contribution < 1.29 is 4.39 Å². The molecule has 2 aromatic rings. The molecule has 0 aliphatic heterocycles. The van der Waals surface area contributed by atoms with Crippen molar-refractivity contribution in [3.05, 3.63) is 54.9 Å². The van der Waals surface area contributed by atoms with Crippen LogP contribution in [0.15, 0.2) is 28.7 Å². The maximum absolute atomic E-state index is 13.4. The summed E-state index contributed by atoms with van der Waals surface area (Å²) >= 11 is 11.0. The fraction of sp³-hybridized carbons (Fsp3) is 0.333. The van der Waals surface area contributed by atoms with E-state index in [-0.39, 0.29) is 11.9 Å². The largest absolute Gasteiger partial charge is 0.306 e. The van der Waals surface area contributed by atoms with Crippen LogP contribution in [0.1, 0.15) is 35.4 Å². The van der Waals surface area contributed by atoms with Crippen LogP contribution in [0.2, 0.25) is 4.34 Å². The fourth-order valence-corrected chi connectivity index (χ4v) is 3.71. The van der Waals surface area contributed by atoms with Gasteiger partial charge in [0.2, 0.25) is 0 Å². The van der Waals surface area contributed by atoms with Crippen LogP contribution in [0, 0.1) is 12.7 Å². The number of benzene rings is 1. The van der Waals surface area contributed by atoms with Crippen molar-refractivity contribution in [2.24, 2.45) is 0 Å². The molecule has 0 amide bonds. The number of hydrogen-bond acceptors (Lipinski definition) is 2. The number of rotatable bonds is 5. The van der Waals surface area contributed by atoms with Gasteiger partial charge in [0.25, 0.3) is 0 Å². The molecule has 0 fully saturated rings. The standard InChI is InChI=1S/C15H16BrClFNS/c1-3-6-19-14(13-7-9(2)15(17)20-13)10-4-5-12(18)11(16)8-10/h4-5,7-8,14,19H,3,6H2,1-2H3. The lowest BCUT2D eigenvalue weighted by atomic mass is 10.0. The molecule has 1 heterocycles. The number of nitrogens with one attached hydrogen (secondary N) is 1. The zero-order valence-electron chi connectivity index (χ0n) is 11.3. The van der Waals surface area contributed by atoms with Gasteiger partial charge >= 0.3 is 0 Å². The predicted molar refractivity (Wildman–Crippen MR) is 88.3 cm³/mol. The van der Waals surface area contributed by atoms with Crippen molar-refractivity contribution in [3.8, 4) is 0 Å². The van der Waals surface area contributed by atoms with Crippen molar-refractivity contribution in [1.82, 2.24) is 5.32 Å². The molecule has 0 aliphatic rings. The van der Waals surface area contributed by atoms with Gasteiger partial charge < -0.3 is 5.32 Å². The molecule has 1 atom stereocenters. The summed E-state index contributed by atoms with van der Waals surface area (Å²) in [6.07, 6.45) is 1.04. The minimum Gasteiger partial charge on any atom is -0.306 e. The summed E-state index contributed by atoms with van der Waals surface area (Å²) in [6.45, 7) is 5.02. The lowest BCUT2D eigenvalue weighted by molar-refractivity contribution is 0.596. The van der Waals surface area contributed by atoms with Crippen molar-refractivity contribution in [2.45, 2.75) is 26.3 Å².